The van der Waals surface area contributed by atoms with Crippen molar-refractivity contribution in [3.05, 3.63) is 36.5 Å². The van der Waals surface area contributed by atoms with Gasteiger partial charge < -0.3 is 89.9 Å². The highest BCUT2D eigenvalue weighted by Gasteiger charge is 2.53. The van der Waals surface area contributed by atoms with Crippen LogP contribution in [0.15, 0.2) is 36.5 Å². The van der Waals surface area contributed by atoms with Crippen LogP contribution in [0.3, 0.4) is 0 Å². The van der Waals surface area contributed by atoms with Gasteiger partial charge in [0.25, 0.3) is 0 Å². The summed E-state index contributed by atoms with van der Waals surface area (Å²) in [5.74, 6) is -0.295. The Morgan fingerprint density at radius 3 is 1.40 bits per heavy atom. The highest BCUT2D eigenvalue weighted by molar-refractivity contribution is 5.76. The van der Waals surface area contributed by atoms with Crippen molar-refractivity contribution in [2.24, 2.45) is 0 Å². The van der Waals surface area contributed by atoms with E-state index in [-0.39, 0.29) is 18.9 Å². The highest BCUT2D eigenvalue weighted by atomic mass is 16.8. The van der Waals surface area contributed by atoms with Gasteiger partial charge >= 0.3 is 0 Å². The van der Waals surface area contributed by atoms with Crippen LogP contribution in [0.25, 0.3) is 0 Å². The summed E-state index contributed by atoms with van der Waals surface area (Å²) in [5, 5.41) is 120. The first-order valence-electron chi connectivity index (χ1n) is 27.2. The van der Waals surface area contributed by atoms with Crippen molar-refractivity contribution in [2.75, 3.05) is 26.4 Å². The molecule has 3 rings (SSSR count). The molecule has 1 amide bonds. The molecule has 0 aromatic heterocycles. The summed E-state index contributed by atoms with van der Waals surface area (Å²) in [6.45, 7) is 1.62. The lowest BCUT2D eigenvalue weighted by atomic mass is 9.96. The van der Waals surface area contributed by atoms with Gasteiger partial charge in [-0.15, -0.1) is 0 Å². The molecule has 3 heterocycles. The number of unbranched alkanes of at least 4 members (excludes halogenated alkanes) is 18. The maximum atomic E-state index is 13.2. The summed E-state index contributed by atoms with van der Waals surface area (Å²) in [4.78, 5) is 13.2. The standard InChI is InChI=1S/C53H95NO18/c1-3-5-7-9-11-13-15-16-17-18-19-20-21-23-25-27-29-31-41(59)54-36(37(58)30-28-26-24-22-14-12-10-8-6-4-2)35-67-51-47(65)44(62)49(39(33-56)69-51)72-53-48(66)45(63)50(40(34-57)70-53)71-52-46(64)43(61)42(60)38(32-55)68-52/h14,16-17,22,28,30,36-40,42-53,55-58,60-66H,3-13,15,18-21,23-27,29,31-35H2,1-2H3,(H,54,59)/b17-16-,22-14+,30-28+. The number of allylic oxidation sites excluding steroid dienone is 5. The molecule has 3 aliphatic rings. The van der Waals surface area contributed by atoms with Crippen LogP contribution in [0, 0.1) is 0 Å². The number of carbonyl (C=O) groups is 1. The minimum Gasteiger partial charge on any atom is -0.394 e. The summed E-state index contributed by atoms with van der Waals surface area (Å²) >= 11 is 0. The summed E-state index contributed by atoms with van der Waals surface area (Å²) in [5.41, 5.74) is 0. The molecule has 0 spiro atoms. The van der Waals surface area contributed by atoms with Gasteiger partial charge in [0, 0.05) is 6.42 Å². The number of amides is 1. The maximum absolute atomic E-state index is 13.2. The van der Waals surface area contributed by atoms with Crippen molar-refractivity contribution < 1.29 is 89.4 Å². The van der Waals surface area contributed by atoms with E-state index >= 15 is 0 Å². The smallest absolute Gasteiger partial charge is 0.220 e. The lowest BCUT2D eigenvalue weighted by Gasteiger charge is -2.48. The largest absolute Gasteiger partial charge is 0.394 e. The molecule has 72 heavy (non-hydrogen) atoms. The average Bonchev–Trinajstić information content (AvgIpc) is 3.37. The molecule has 0 saturated carbocycles. The van der Waals surface area contributed by atoms with Gasteiger partial charge in [0.15, 0.2) is 18.9 Å². The zero-order valence-electron chi connectivity index (χ0n) is 43.1. The fourth-order valence-corrected chi connectivity index (χ4v) is 9.08. The van der Waals surface area contributed by atoms with Crippen LogP contribution in [0.4, 0.5) is 0 Å². The third kappa shape index (κ3) is 22.7. The van der Waals surface area contributed by atoms with Crippen molar-refractivity contribution in [2.45, 2.75) is 266 Å². The number of carbonyl (C=O) groups excluding carboxylic acids is 1. The molecule has 19 heteroatoms. The van der Waals surface area contributed by atoms with Gasteiger partial charge in [0.2, 0.25) is 5.91 Å². The molecular weight excluding hydrogens is 939 g/mol. The molecule has 0 radical (unpaired) electrons. The number of nitrogens with one attached hydrogen (secondary N) is 1. The van der Waals surface area contributed by atoms with E-state index in [2.05, 4.69) is 43.5 Å². The van der Waals surface area contributed by atoms with Crippen LogP contribution < -0.4 is 5.32 Å². The number of ether oxygens (including phenoxy) is 6. The van der Waals surface area contributed by atoms with Gasteiger partial charge in [-0.05, 0) is 57.8 Å². The first-order valence-corrected chi connectivity index (χ1v) is 27.2. The van der Waals surface area contributed by atoms with Crippen LogP contribution in [0.1, 0.15) is 162 Å². The third-order valence-electron chi connectivity index (χ3n) is 13.7. The Hall–Kier alpha value is -1.99. The Labute approximate surface area is 428 Å². The van der Waals surface area contributed by atoms with Gasteiger partial charge in [-0.2, -0.15) is 0 Å². The quantitative estimate of drug-likeness (QED) is 0.0313. The summed E-state index contributed by atoms with van der Waals surface area (Å²) < 4.78 is 34.1. The Bertz CT molecular complexity index is 1470. The predicted molar refractivity (Wildman–Crippen MR) is 268 cm³/mol. The van der Waals surface area contributed by atoms with Gasteiger partial charge in [-0.25, -0.2) is 0 Å². The Balaban J connectivity index is 1.53. The molecule has 0 aromatic carbocycles. The van der Waals surface area contributed by atoms with E-state index in [1.54, 1.807) is 6.08 Å². The van der Waals surface area contributed by atoms with Crippen molar-refractivity contribution >= 4 is 5.91 Å². The number of aliphatic hydroxyl groups is 11. The lowest BCUT2D eigenvalue weighted by Crippen LogP contribution is -2.66. The molecule has 0 aromatic rings. The van der Waals surface area contributed by atoms with E-state index in [1.165, 1.54) is 77.0 Å². The highest BCUT2D eigenvalue weighted by Crippen LogP contribution is 2.33. The van der Waals surface area contributed by atoms with Crippen LogP contribution in [0.2, 0.25) is 0 Å². The van der Waals surface area contributed by atoms with Gasteiger partial charge in [-0.1, -0.05) is 134 Å². The number of hydrogen-bond donors (Lipinski definition) is 12. The van der Waals surface area contributed by atoms with Crippen LogP contribution in [-0.2, 0) is 33.2 Å². The minimum absolute atomic E-state index is 0.230. The van der Waals surface area contributed by atoms with E-state index in [0.29, 0.717) is 12.8 Å². The maximum Gasteiger partial charge on any atom is 0.220 e. The summed E-state index contributed by atoms with van der Waals surface area (Å²) in [6.07, 6.45) is 10.1. The fourth-order valence-electron chi connectivity index (χ4n) is 9.08. The van der Waals surface area contributed by atoms with E-state index in [0.717, 1.165) is 51.4 Å². The minimum atomic E-state index is -1.98. The molecule has 17 unspecified atom stereocenters. The predicted octanol–water partition coefficient (Wildman–Crippen LogP) is 2.98. The first-order chi connectivity index (χ1) is 34.8. The zero-order chi connectivity index (χ0) is 52.7. The van der Waals surface area contributed by atoms with Crippen molar-refractivity contribution in [3.63, 3.8) is 0 Å². The van der Waals surface area contributed by atoms with Crippen LogP contribution in [0.5, 0.6) is 0 Å². The molecule has 3 saturated heterocycles. The first kappa shape index (κ1) is 64.3. The lowest BCUT2D eigenvalue weighted by molar-refractivity contribution is -0.379. The molecule has 420 valence electrons. The molecular formula is C53H95NO18. The normalized spacial score (nSPS) is 32.3. The molecule has 0 aliphatic carbocycles. The molecule has 3 aliphatic heterocycles. The monoisotopic (exact) mass is 1030 g/mol. The second kappa shape index (κ2) is 37.7. The Morgan fingerprint density at radius 2 is 0.889 bits per heavy atom. The van der Waals surface area contributed by atoms with Crippen molar-refractivity contribution in [3.8, 4) is 0 Å². The molecule has 17 atom stereocenters. The number of rotatable bonds is 38. The van der Waals surface area contributed by atoms with Gasteiger partial charge in [0.1, 0.15) is 73.2 Å². The summed E-state index contributed by atoms with van der Waals surface area (Å²) in [6, 6.07) is -0.988. The molecule has 3 fully saturated rings. The van der Waals surface area contributed by atoms with Gasteiger partial charge in [-0.3, -0.25) is 4.79 Å². The van der Waals surface area contributed by atoms with E-state index < -0.39 is 124 Å². The van der Waals surface area contributed by atoms with Crippen molar-refractivity contribution in [1.82, 2.24) is 5.32 Å². The van der Waals surface area contributed by atoms with E-state index in [4.69, 9.17) is 28.4 Å². The average molecular weight is 1030 g/mol. The van der Waals surface area contributed by atoms with Gasteiger partial charge in [0.05, 0.1) is 38.6 Å². The third-order valence-corrected chi connectivity index (χ3v) is 13.7. The Kier molecular flexibility index (Phi) is 33.7. The number of aliphatic hydroxyl groups excluding tert-OH is 11. The molecule has 19 nitrogen and oxygen atoms in total. The second-order valence-electron chi connectivity index (χ2n) is 19.7. The van der Waals surface area contributed by atoms with E-state index in [1.807, 2.05) is 6.08 Å². The topological polar surface area (TPSA) is 307 Å². The second-order valence-corrected chi connectivity index (χ2v) is 19.7. The van der Waals surface area contributed by atoms with E-state index in [9.17, 15) is 61.0 Å². The van der Waals surface area contributed by atoms with Crippen LogP contribution >= 0.6 is 0 Å². The van der Waals surface area contributed by atoms with Crippen LogP contribution in [-0.4, -0.2) is 193 Å². The Morgan fingerprint density at radius 1 is 0.486 bits per heavy atom. The summed E-state index contributed by atoms with van der Waals surface area (Å²) in [7, 11) is 0. The van der Waals surface area contributed by atoms with Crippen molar-refractivity contribution in [1.29, 1.82) is 0 Å². The zero-order valence-corrected chi connectivity index (χ0v) is 43.1. The SMILES string of the molecule is CCCCCC/C=C/CC/C=C/C(O)C(COC1OC(CO)C(OC2OC(CO)C(OC3OC(CO)C(O)C(O)C3O)C(O)C2O)C(O)C1O)NC(=O)CCCCCCCCC/C=C\CCCCCCCC. The number of hydrogen-bond acceptors (Lipinski definition) is 18. The fraction of sp³-hybridized carbons (Fsp3) is 0.868. The molecule has 0 bridgehead atoms. The molecule has 12 N–H and O–H groups in total.